The summed E-state index contributed by atoms with van der Waals surface area (Å²) in [4.78, 5) is 10.9. The minimum Gasteiger partial charge on any atom is -0.477 e. The zero-order valence-electron chi connectivity index (χ0n) is 9.14. The first-order valence-corrected chi connectivity index (χ1v) is 4.91. The first-order chi connectivity index (χ1) is 8.88. The first-order valence-electron chi connectivity index (χ1n) is 4.91. The molecule has 0 spiro atoms. The van der Waals surface area contributed by atoms with Crippen LogP contribution in [0.3, 0.4) is 0 Å². The maximum Gasteiger partial charge on any atom is 0.573 e. The number of alkyl halides is 3. The summed E-state index contributed by atoms with van der Waals surface area (Å²) in [6.07, 6.45) is -3.98. The monoisotopic (exact) mass is 273 g/mol. The summed E-state index contributed by atoms with van der Waals surface area (Å²) in [7, 11) is 0. The van der Waals surface area contributed by atoms with Gasteiger partial charge in [-0.2, -0.15) is 0 Å². The molecule has 2 rings (SSSR count). The Bertz CT molecular complexity index is 606. The van der Waals surface area contributed by atoms with E-state index >= 15 is 0 Å². The second kappa shape index (κ2) is 4.63. The van der Waals surface area contributed by atoms with Gasteiger partial charge in [0.2, 0.25) is 0 Å². The molecule has 5 nitrogen and oxygen atoms in total. The maximum atomic E-state index is 12.2. The molecule has 0 atom stereocenters. The predicted molar refractivity (Wildman–Crippen MR) is 55.6 cm³/mol. The molecule has 0 radical (unpaired) electrons. The van der Waals surface area contributed by atoms with Crippen molar-refractivity contribution in [2.75, 3.05) is 0 Å². The molecule has 100 valence electrons. The van der Waals surface area contributed by atoms with E-state index in [1.165, 1.54) is 18.2 Å². The lowest BCUT2D eigenvalue weighted by Crippen LogP contribution is -2.17. The largest absolute Gasteiger partial charge is 0.573 e. The Hall–Kier alpha value is -2.51. The molecule has 2 aromatic rings. The Morgan fingerprint density at radius 3 is 2.63 bits per heavy atom. The van der Waals surface area contributed by atoms with Crippen molar-refractivity contribution in [1.82, 2.24) is 5.16 Å². The summed E-state index contributed by atoms with van der Waals surface area (Å²) < 4.78 is 45.2. The van der Waals surface area contributed by atoms with E-state index in [-0.39, 0.29) is 16.9 Å². The number of benzene rings is 1. The Morgan fingerprint density at radius 2 is 2.00 bits per heavy atom. The van der Waals surface area contributed by atoms with Crippen molar-refractivity contribution in [3.63, 3.8) is 0 Å². The molecule has 0 amide bonds. The summed E-state index contributed by atoms with van der Waals surface area (Å²) >= 11 is 0. The average Bonchev–Trinajstić information content (AvgIpc) is 2.76. The van der Waals surface area contributed by atoms with Crippen molar-refractivity contribution < 1.29 is 32.3 Å². The van der Waals surface area contributed by atoms with Crippen LogP contribution < -0.4 is 4.74 Å². The van der Waals surface area contributed by atoms with Crippen LogP contribution in [0.5, 0.6) is 5.75 Å². The van der Waals surface area contributed by atoms with Gasteiger partial charge in [-0.15, -0.1) is 13.2 Å². The van der Waals surface area contributed by atoms with Crippen LogP contribution in [0, 0.1) is 0 Å². The van der Waals surface area contributed by atoms with E-state index in [9.17, 15) is 18.0 Å². The van der Waals surface area contributed by atoms with Crippen LogP contribution in [-0.2, 0) is 0 Å². The highest BCUT2D eigenvalue weighted by atomic mass is 19.4. The minimum atomic E-state index is -4.89. The number of nitrogens with zero attached hydrogens (tertiary/aromatic N) is 1. The lowest BCUT2D eigenvalue weighted by molar-refractivity contribution is -0.274. The summed E-state index contributed by atoms with van der Waals surface area (Å²) in [6.45, 7) is 0. The molecule has 19 heavy (non-hydrogen) atoms. The molecular formula is C11H6F3NO4. The van der Waals surface area contributed by atoms with Gasteiger partial charge in [0.15, 0.2) is 5.76 Å². The third-order valence-corrected chi connectivity index (χ3v) is 2.16. The van der Waals surface area contributed by atoms with Gasteiger partial charge in [-0.3, -0.25) is 0 Å². The highest BCUT2D eigenvalue weighted by Crippen LogP contribution is 2.35. The van der Waals surface area contributed by atoms with Crippen LogP contribution in [-0.4, -0.2) is 22.6 Å². The molecule has 0 fully saturated rings. The molecule has 1 aromatic heterocycles. The average molecular weight is 273 g/mol. The van der Waals surface area contributed by atoms with Gasteiger partial charge in [-0.25, -0.2) is 4.79 Å². The van der Waals surface area contributed by atoms with E-state index in [1.807, 2.05) is 0 Å². The van der Waals surface area contributed by atoms with Gasteiger partial charge < -0.3 is 14.4 Å². The van der Waals surface area contributed by atoms with Crippen molar-refractivity contribution in [3.05, 3.63) is 36.0 Å². The lowest BCUT2D eigenvalue weighted by Gasteiger charge is -2.11. The van der Waals surface area contributed by atoms with Gasteiger partial charge in [0.1, 0.15) is 11.3 Å². The van der Waals surface area contributed by atoms with Gasteiger partial charge in [-0.05, 0) is 12.1 Å². The Morgan fingerprint density at radius 1 is 1.32 bits per heavy atom. The fourth-order valence-electron chi connectivity index (χ4n) is 1.45. The number of rotatable bonds is 3. The molecule has 0 saturated heterocycles. The molecular weight excluding hydrogens is 267 g/mol. The van der Waals surface area contributed by atoms with E-state index in [0.717, 1.165) is 12.3 Å². The second-order valence-electron chi connectivity index (χ2n) is 3.42. The standard InChI is InChI=1S/C11H6F3NO4/c12-11(13,14)18-8-4-2-1-3-6(8)9-7(10(16)17)5-15-19-9/h1-5H,(H,16,17). The van der Waals surface area contributed by atoms with E-state index in [4.69, 9.17) is 5.11 Å². The summed E-state index contributed by atoms with van der Waals surface area (Å²) in [5, 5.41) is 12.1. The Labute approximate surface area is 104 Å². The fourth-order valence-corrected chi connectivity index (χ4v) is 1.45. The van der Waals surface area contributed by atoms with Gasteiger partial charge >= 0.3 is 12.3 Å². The smallest absolute Gasteiger partial charge is 0.477 e. The van der Waals surface area contributed by atoms with Gasteiger partial charge in [0.05, 0.1) is 11.8 Å². The molecule has 0 saturated carbocycles. The molecule has 0 aliphatic carbocycles. The van der Waals surface area contributed by atoms with Gasteiger partial charge in [-0.1, -0.05) is 17.3 Å². The number of hydrogen-bond donors (Lipinski definition) is 1. The van der Waals surface area contributed by atoms with Crippen LogP contribution in [0.1, 0.15) is 10.4 Å². The zero-order valence-corrected chi connectivity index (χ0v) is 9.14. The van der Waals surface area contributed by atoms with Crippen molar-refractivity contribution in [2.24, 2.45) is 0 Å². The van der Waals surface area contributed by atoms with E-state index in [1.54, 1.807) is 0 Å². The maximum absolute atomic E-state index is 12.2. The molecule has 0 aliphatic rings. The van der Waals surface area contributed by atoms with Crippen molar-refractivity contribution in [2.45, 2.75) is 6.36 Å². The first kappa shape index (κ1) is 12.9. The van der Waals surface area contributed by atoms with E-state index in [0.29, 0.717) is 0 Å². The lowest BCUT2D eigenvalue weighted by atomic mass is 10.1. The molecule has 8 heteroatoms. The Kier molecular flexibility index (Phi) is 3.16. The van der Waals surface area contributed by atoms with Crippen LogP contribution >= 0.6 is 0 Å². The van der Waals surface area contributed by atoms with E-state index in [2.05, 4.69) is 14.4 Å². The van der Waals surface area contributed by atoms with Crippen LogP contribution in [0.4, 0.5) is 13.2 Å². The SMILES string of the molecule is O=C(O)c1cnoc1-c1ccccc1OC(F)(F)F. The van der Waals surface area contributed by atoms with Crippen molar-refractivity contribution in [1.29, 1.82) is 0 Å². The minimum absolute atomic E-state index is 0.144. The van der Waals surface area contributed by atoms with Crippen LogP contribution in [0.25, 0.3) is 11.3 Å². The molecule has 1 heterocycles. The van der Waals surface area contributed by atoms with Gasteiger partial charge in [0.25, 0.3) is 0 Å². The number of ether oxygens (including phenoxy) is 1. The summed E-state index contributed by atoms with van der Waals surface area (Å²) in [6, 6.07) is 5.04. The number of carboxylic acid groups (broad SMARTS) is 1. The molecule has 0 unspecified atom stereocenters. The number of carboxylic acids is 1. The number of aromatic carboxylic acids is 1. The predicted octanol–water partition coefficient (Wildman–Crippen LogP) is 2.94. The zero-order chi connectivity index (χ0) is 14.0. The highest BCUT2D eigenvalue weighted by molar-refractivity contribution is 5.94. The van der Waals surface area contributed by atoms with Crippen LogP contribution in [0.15, 0.2) is 35.0 Å². The van der Waals surface area contributed by atoms with Gasteiger partial charge in [0, 0.05) is 0 Å². The summed E-state index contributed by atoms with van der Waals surface area (Å²) in [5.41, 5.74) is -0.493. The molecule has 0 bridgehead atoms. The normalized spacial score (nSPS) is 11.3. The number of hydrogen-bond acceptors (Lipinski definition) is 4. The van der Waals surface area contributed by atoms with Crippen LogP contribution in [0.2, 0.25) is 0 Å². The number of carbonyl (C=O) groups is 1. The quantitative estimate of drug-likeness (QED) is 0.930. The molecule has 0 aliphatic heterocycles. The molecule has 1 aromatic carbocycles. The highest BCUT2D eigenvalue weighted by Gasteiger charge is 2.33. The van der Waals surface area contributed by atoms with Crippen molar-refractivity contribution in [3.8, 4) is 17.1 Å². The summed E-state index contributed by atoms with van der Waals surface area (Å²) in [5.74, 6) is -2.22. The third-order valence-electron chi connectivity index (χ3n) is 2.16. The third kappa shape index (κ3) is 2.84. The number of halogens is 3. The number of aromatic nitrogens is 1. The van der Waals surface area contributed by atoms with Crippen molar-refractivity contribution >= 4 is 5.97 Å². The van der Waals surface area contributed by atoms with E-state index < -0.39 is 18.1 Å². The Balaban J connectivity index is 2.50. The fraction of sp³-hybridized carbons (Fsp3) is 0.0909. The number of para-hydroxylation sites is 1. The molecule has 1 N–H and O–H groups in total. The second-order valence-corrected chi connectivity index (χ2v) is 3.42. The topological polar surface area (TPSA) is 72.6 Å².